The van der Waals surface area contributed by atoms with E-state index in [9.17, 15) is 58.4 Å². The first-order valence-electron chi connectivity index (χ1n) is 16.1. The van der Waals surface area contributed by atoms with Crippen molar-refractivity contribution >= 4 is 88.1 Å². The molecule has 6 rings (SSSR count). The van der Waals surface area contributed by atoms with Crippen LogP contribution in [0.1, 0.15) is 28.8 Å². The number of benzene rings is 4. The second-order valence-electron chi connectivity index (χ2n) is 12.7. The number of halogens is 2. The van der Waals surface area contributed by atoms with Crippen LogP contribution < -0.4 is 15.8 Å². The molecule has 3 aromatic rings. The molecule has 7 N–H and O–H groups in total. The van der Waals surface area contributed by atoms with E-state index in [0.29, 0.717) is 0 Å². The number of esters is 1. The number of anilines is 1. The standard InChI is InChI=1S/C34H27Cl2N3O15S3/c35-22-13-17(55(44,45)46)14-23(36)30(22)54-34(43)16-7-9-39(10-8-16)26(40)12-15-1-2-18(33(41)42)21(11-15)27-19-3-5-24(37)31(56(47,48)49)28(19)53-29-20(27)4-6-25(38)32(29)57(50,51)52/h1-6,11,13-14,16,37H,7-10,12,38H2,(H,41,42)(H,44,45,46)(H,47,48,49)(H,50,51,52). The summed E-state index contributed by atoms with van der Waals surface area (Å²) < 4.78 is 113. The maximum atomic E-state index is 13.6. The highest BCUT2D eigenvalue weighted by molar-refractivity contribution is 7.86. The third-order valence-electron chi connectivity index (χ3n) is 9.11. The number of nitrogens with two attached hydrogens (primary N) is 1. The number of carbonyl (C=O) groups excluding carboxylic acids is 2. The summed E-state index contributed by atoms with van der Waals surface area (Å²) in [5.41, 5.74) is 3.90. The number of hydrogen-bond acceptors (Lipinski definition) is 13. The first kappa shape index (κ1) is 41.5. The maximum absolute atomic E-state index is 13.6. The van der Waals surface area contributed by atoms with Crippen molar-refractivity contribution in [1.82, 2.24) is 4.90 Å². The first-order chi connectivity index (χ1) is 26.5. The topological polar surface area (TPSA) is 310 Å². The molecule has 3 aliphatic rings. The Labute approximate surface area is 332 Å². The fourth-order valence-electron chi connectivity index (χ4n) is 6.51. The number of nitrogens with zero attached hydrogens (tertiary/aromatic N) is 1. The number of fused-ring (bicyclic) bond motifs is 2. The maximum Gasteiger partial charge on any atom is 0.336 e. The highest BCUT2D eigenvalue weighted by Crippen LogP contribution is 2.46. The second-order valence-corrected chi connectivity index (χ2v) is 17.7. The summed E-state index contributed by atoms with van der Waals surface area (Å²) in [6, 6.07) is 9.99. The van der Waals surface area contributed by atoms with Gasteiger partial charge >= 0.3 is 11.9 Å². The van der Waals surface area contributed by atoms with Gasteiger partial charge in [0, 0.05) is 29.6 Å². The van der Waals surface area contributed by atoms with E-state index in [1.165, 1.54) is 29.2 Å². The van der Waals surface area contributed by atoms with Crippen molar-refractivity contribution in [3.63, 3.8) is 0 Å². The molecule has 300 valence electrons. The Bertz CT molecular complexity index is 2900. The van der Waals surface area contributed by atoms with Gasteiger partial charge in [0.1, 0.15) is 0 Å². The van der Waals surface area contributed by atoms with E-state index < -0.39 is 96.8 Å². The third kappa shape index (κ3) is 8.18. The molecule has 0 atom stereocenters. The van der Waals surface area contributed by atoms with Gasteiger partial charge in [0.25, 0.3) is 30.4 Å². The molecule has 1 amide bonds. The lowest BCUT2D eigenvalue weighted by molar-refractivity contribution is -0.143. The van der Waals surface area contributed by atoms with E-state index in [1.54, 1.807) is 0 Å². The van der Waals surface area contributed by atoms with E-state index >= 15 is 0 Å². The zero-order valence-corrected chi connectivity index (χ0v) is 32.6. The number of ether oxygens (including phenoxy) is 1. The number of piperidine rings is 1. The number of amides is 1. The van der Waals surface area contributed by atoms with Crippen LogP contribution in [0.4, 0.5) is 5.69 Å². The van der Waals surface area contributed by atoms with Crippen LogP contribution in [0.25, 0.3) is 33.4 Å². The van der Waals surface area contributed by atoms with Crippen LogP contribution in [-0.2, 0) is 46.4 Å². The van der Waals surface area contributed by atoms with Crippen LogP contribution in [0.3, 0.4) is 0 Å². The highest BCUT2D eigenvalue weighted by Gasteiger charge is 2.33. The van der Waals surface area contributed by atoms with Crippen LogP contribution in [0.2, 0.25) is 10.0 Å². The summed E-state index contributed by atoms with van der Waals surface area (Å²) in [6.45, 7) is 0.149. The van der Waals surface area contributed by atoms with Crippen molar-refractivity contribution in [3.05, 3.63) is 81.1 Å². The van der Waals surface area contributed by atoms with E-state index in [4.69, 9.17) is 43.5 Å². The molecule has 0 radical (unpaired) electrons. The highest BCUT2D eigenvalue weighted by atomic mass is 35.5. The van der Waals surface area contributed by atoms with Crippen LogP contribution >= 0.6 is 23.2 Å². The van der Waals surface area contributed by atoms with Gasteiger partial charge in [-0.05, 0) is 72.5 Å². The van der Waals surface area contributed by atoms with Crippen molar-refractivity contribution < 1.29 is 67.6 Å². The molecule has 18 nitrogen and oxygen atoms in total. The smallest absolute Gasteiger partial charge is 0.336 e. The van der Waals surface area contributed by atoms with Gasteiger partial charge in [-0.2, -0.15) is 25.3 Å². The average Bonchev–Trinajstić information content (AvgIpc) is 3.10. The van der Waals surface area contributed by atoms with E-state index in [2.05, 4.69) is 0 Å². The average molecular weight is 885 g/mol. The Hall–Kier alpha value is -5.13. The Kier molecular flexibility index (Phi) is 10.9. The Balaban J connectivity index is 1.34. The summed E-state index contributed by atoms with van der Waals surface area (Å²) in [7, 11) is -15.1. The number of carboxylic acid groups (broad SMARTS) is 1. The molecule has 1 fully saturated rings. The molecule has 0 aromatic heterocycles. The predicted molar refractivity (Wildman–Crippen MR) is 200 cm³/mol. The molecule has 23 heteroatoms. The summed E-state index contributed by atoms with van der Waals surface area (Å²) >= 11 is 12.1. The largest absolute Gasteiger partial charge is 0.478 e. The van der Waals surface area contributed by atoms with Gasteiger partial charge in [-0.25, -0.2) is 4.79 Å². The molecule has 0 spiro atoms. The zero-order chi connectivity index (χ0) is 41.9. The second kappa shape index (κ2) is 15.0. The normalized spacial score (nSPS) is 14.2. The van der Waals surface area contributed by atoms with Crippen molar-refractivity contribution in [3.8, 4) is 28.2 Å². The van der Waals surface area contributed by atoms with Gasteiger partial charge < -0.3 is 24.9 Å². The first-order valence-corrected chi connectivity index (χ1v) is 21.2. The number of hydrogen-bond donors (Lipinski definition) is 6. The van der Waals surface area contributed by atoms with Crippen molar-refractivity contribution in [2.45, 2.75) is 33.9 Å². The molecule has 0 unspecified atom stereocenters. The van der Waals surface area contributed by atoms with Crippen molar-refractivity contribution in [1.29, 1.82) is 5.41 Å². The number of nitrogens with one attached hydrogen (secondary N) is 1. The molecule has 2 aliphatic heterocycles. The number of rotatable bonds is 9. The number of aromatic carboxylic acids is 1. The molecule has 2 heterocycles. The zero-order valence-electron chi connectivity index (χ0n) is 28.6. The number of carboxylic acids is 1. The van der Waals surface area contributed by atoms with E-state index in [-0.39, 0.29) is 75.8 Å². The van der Waals surface area contributed by atoms with Gasteiger partial charge in [-0.3, -0.25) is 28.7 Å². The van der Waals surface area contributed by atoms with Gasteiger partial charge in [0.2, 0.25) is 5.91 Å². The minimum atomic E-state index is -5.24. The third-order valence-corrected chi connectivity index (χ3v) is 12.4. The lowest BCUT2D eigenvalue weighted by Gasteiger charge is -2.31. The summed E-state index contributed by atoms with van der Waals surface area (Å²) in [5, 5.41) is 16.8. The van der Waals surface area contributed by atoms with Gasteiger partial charge in [-0.15, -0.1) is 0 Å². The molecule has 1 saturated heterocycles. The number of nitrogen functional groups attached to an aromatic ring is 1. The minimum absolute atomic E-state index is 0.0744. The van der Waals surface area contributed by atoms with Gasteiger partial charge in [0.05, 0.1) is 43.9 Å². The molecule has 0 bridgehead atoms. The van der Waals surface area contributed by atoms with Crippen molar-refractivity contribution in [2.75, 3.05) is 18.8 Å². The predicted octanol–water partition coefficient (Wildman–Crippen LogP) is 4.40. The Morgan fingerprint density at radius 1 is 0.842 bits per heavy atom. The SMILES string of the molecule is N=c1ccc2c(-c3cc(CC(=O)N4CCC(C(=O)Oc5c(Cl)cc(S(=O)(=O)O)cc5Cl)CC4)ccc3C(=O)O)c3ccc(N)c(S(=O)(=O)O)c3oc-2c1S(=O)(=O)O. The monoisotopic (exact) mass is 883 g/mol. The molecular formula is C34H27Cl2N3O15S3. The summed E-state index contributed by atoms with van der Waals surface area (Å²) in [4.78, 5) is 37.9. The summed E-state index contributed by atoms with van der Waals surface area (Å²) in [6.07, 6.45) is -0.0629. The fourth-order valence-corrected chi connectivity index (χ4v) is 9.22. The van der Waals surface area contributed by atoms with Crippen LogP contribution in [0, 0.1) is 11.3 Å². The van der Waals surface area contributed by atoms with Gasteiger partial charge in [-0.1, -0.05) is 29.3 Å². The van der Waals surface area contributed by atoms with Crippen molar-refractivity contribution in [2.24, 2.45) is 5.92 Å². The number of carbonyl (C=O) groups is 3. The molecule has 3 aromatic carbocycles. The summed E-state index contributed by atoms with van der Waals surface area (Å²) in [5.74, 6) is -4.52. The molecule has 0 saturated carbocycles. The minimum Gasteiger partial charge on any atom is -0.478 e. The van der Waals surface area contributed by atoms with E-state index in [1.807, 2.05) is 0 Å². The molecular weight excluding hydrogens is 857 g/mol. The quantitative estimate of drug-likeness (QED) is 0.0393. The Morgan fingerprint density at radius 2 is 1.46 bits per heavy atom. The Morgan fingerprint density at radius 3 is 2.02 bits per heavy atom. The fraction of sp³-hybridized carbons (Fsp3) is 0.176. The molecule has 1 aliphatic carbocycles. The van der Waals surface area contributed by atoms with Crippen LogP contribution in [-0.4, -0.2) is 79.9 Å². The number of likely N-dealkylation sites (tertiary alicyclic amines) is 1. The van der Waals surface area contributed by atoms with Gasteiger partial charge in [0.15, 0.2) is 26.9 Å². The lowest BCUT2D eigenvalue weighted by Crippen LogP contribution is -2.41. The van der Waals surface area contributed by atoms with Crippen LogP contribution in [0.15, 0.2) is 73.7 Å². The molecule has 57 heavy (non-hydrogen) atoms. The lowest BCUT2D eigenvalue weighted by atomic mass is 9.89. The van der Waals surface area contributed by atoms with Crippen LogP contribution in [0.5, 0.6) is 5.75 Å². The van der Waals surface area contributed by atoms with E-state index in [0.717, 1.165) is 30.3 Å².